The number of methoxy groups -OCH3 is 1. The lowest BCUT2D eigenvalue weighted by Crippen LogP contribution is -2.36. The van der Waals surface area contributed by atoms with E-state index in [1.54, 1.807) is 12.0 Å². The summed E-state index contributed by atoms with van der Waals surface area (Å²) in [5.74, 6) is -0.211. The van der Waals surface area contributed by atoms with E-state index in [4.69, 9.17) is 4.74 Å². The topological polar surface area (TPSA) is 87.3 Å². The quantitative estimate of drug-likeness (QED) is 0.773. The summed E-state index contributed by atoms with van der Waals surface area (Å²) in [6.07, 6.45) is 1.42. The van der Waals surface area contributed by atoms with Gasteiger partial charge in [-0.15, -0.1) is 11.3 Å². The molecule has 0 radical (unpaired) electrons. The zero-order chi connectivity index (χ0) is 16.9. The second-order valence-corrected chi connectivity index (χ2v) is 6.53. The van der Waals surface area contributed by atoms with Crippen LogP contribution in [-0.4, -0.2) is 53.7 Å². The maximum Gasteiger partial charge on any atom is 0.272 e. The number of ether oxygens (including phenoxy) is 1. The molecule has 24 heavy (non-hydrogen) atoms. The molecule has 0 unspecified atom stereocenters. The van der Waals surface area contributed by atoms with Gasteiger partial charge in [0.1, 0.15) is 0 Å². The molecule has 2 amide bonds. The fourth-order valence-corrected chi connectivity index (χ4v) is 3.41. The van der Waals surface area contributed by atoms with Crippen LogP contribution in [0.2, 0.25) is 0 Å². The summed E-state index contributed by atoms with van der Waals surface area (Å²) in [5.41, 5.74) is 2.13. The summed E-state index contributed by atoms with van der Waals surface area (Å²) >= 11 is 1.43. The molecular weight excluding hydrogens is 328 g/mol. The Balaban J connectivity index is 1.68. The summed E-state index contributed by atoms with van der Waals surface area (Å²) in [4.78, 5) is 27.3. The molecule has 0 fully saturated rings. The maximum absolute atomic E-state index is 12.5. The van der Waals surface area contributed by atoms with Crippen molar-refractivity contribution < 1.29 is 14.3 Å². The number of amides is 2. The van der Waals surface area contributed by atoms with E-state index in [2.05, 4.69) is 15.5 Å². The molecule has 0 aromatic carbocycles. The van der Waals surface area contributed by atoms with E-state index in [1.807, 2.05) is 17.5 Å². The van der Waals surface area contributed by atoms with Gasteiger partial charge in [-0.1, -0.05) is 6.07 Å². The zero-order valence-corrected chi connectivity index (χ0v) is 14.3. The van der Waals surface area contributed by atoms with Crippen molar-refractivity contribution in [3.8, 4) is 0 Å². The van der Waals surface area contributed by atoms with Crippen molar-refractivity contribution in [1.82, 2.24) is 20.4 Å². The molecule has 7 nitrogen and oxygen atoms in total. The number of nitrogens with one attached hydrogen (secondary N) is 2. The lowest BCUT2D eigenvalue weighted by molar-refractivity contribution is 0.0736. The summed E-state index contributed by atoms with van der Waals surface area (Å²) in [6.45, 7) is 2.17. The highest BCUT2D eigenvalue weighted by Crippen LogP contribution is 2.23. The lowest BCUT2D eigenvalue weighted by atomic mass is 10.0. The Hall–Kier alpha value is -2.19. The minimum absolute atomic E-state index is 0.00306. The highest BCUT2D eigenvalue weighted by Gasteiger charge is 2.28. The van der Waals surface area contributed by atoms with Crippen LogP contribution >= 0.6 is 11.3 Å². The molecule has 2 aromatic rings. The Morgan fingerprint density at radius 3 is 3.12 bits per heavy atom. The van der Waals surface area contributed by atoms with Gasteiger partial charge in [0.25, 0.3) is 11.8 Å². The third kappa shape index (κ3) is 3.49. The predicted octanol–water partition coefficient (Wildman–Crippen LogP) is 1.44. The molecule has 2 aromatic heterocycles. The predicted molar refractivity (Wildman–Crippen MR) is 90.2 cm³/mol. The Morgan fingerprint density at radius 2 is 2.38 bits per heavy atom. The first-order valence-electron chi connectivity index (χ1n) is 7.86. The summed E-state index contributed by atoms with van der Waals surface area (Å²) in [5, 5.41) is 11.8. The molecule has 1 aliphatic rings. The van der Waals surface area contributed by atoms with E-state index in [1.165, 1.54) is 11.3 Å². The van der Waals surface area contributed by atoms with Crippen LogP contribution in [0.25, 0.3) is 0 Å². The van der Waals surface area contributed by atoms with Crippen LogP contribution in [0.5, 0.6) is 0 Å². The van der Waals surface area contributed by atoms with E-state index in [-0.39, 0.29) is 11.8 Å². The fourth-order valence-electron chi connectivity index (χ4n) is 2.71. The first-order valence-corrected chi connectivity index (χ1v) is 8.74. The van der Waals surface area contributed by atoms with Gasteiger partial charge in [-0.3, -0.25) is 14.7 Å². The Kier molecular flexibility index (Phi) is 5.27. The number of rotatable bonds is 6. The average Bonchev–Trinajstić information content (AvgIpc) is 3.26. The molecule has 1 aliphatic heterocycles. The number of nitrogens with zero attached hydrogens (tertiary/aromatic N) is 2. The van der Waals surface area contributed by atoms with Crippen molar-refractivity contribution in [2.75, 3.05) is 26.8 Å². The van der Waals surface area contributed by atoms with Gasteiger partial charge < -0.3 is 15.0 Å². The van der Waals surface area contributed by atoms with Gasteiger partial charge in [-0.2, -0.15) is 5.10 Å². The third-order valence-electron chi connectivity index (χ3n) is 3.98. The largest absolute Gasteiger partial charge is 0.385 e. The van der Waals surface area contributed by atoms with Crippen LogP contribution in [0.1, 0.15) is 37.8 Å². The molecule has 3 rings (SSSR count). The van der Waals surface area contributed by atoms with Gasteiger partial charge in [-0.05, 0) is 17.9 Å². The van der Waals surface area contributed by atoms with Crippen LogP contribution in [0.15, 0.2) is 17.5 Å². The van der Waals surface area contributed by atoms with Gasteiger partial charge in [0.05, 0.1) is 11.4 Å². The normalized spacial score (nSPS) is 13.6. The molecule has 0 saturated carbocycles. The van der Waals surface area contributed by atoms with Gasteiger partial charge in [0.2, 0.25) is 0 Å². The van der Waals surface area contributed by atoms with Gasteiger partial charge in [-0.25, -0.2) is 0 Å². The van der Waals surface area contributed by atoms with Crippen LogP contribution in [0.4, 0.5) is 0 Å². The number of fused-ring (bicyclic) bond motifs is 1. The van der Waals surface area contributed by atoms with Crippen molar-refractivity contribution in [2.24, 2.45) is 0 Å². The van der Waals surface area contributed by atoms with Crippen molar-refractivity contribution >= 4 is 23.2 Å². The van der Waals surface area contributed by atoms with E-state index < -0.39 is 0 Å². The van der Waals surface area contributed by atoms with E-state index in [0.29, 0.717) is 43.2 Å². The standard InChI is InChI=1S/C16H20N4O3S/c1-23-8-3-6-17-15(21)14-11-10-20(7-5-12(11)18-19-14)16(22)13-4-2-9-24-13/h2,4,9H,3,5-8,10H2,1H3,(H,17,21)(H,18,19). The molecule has 0 aliphatic carbocycles. The summed E-state index contributed by atoms with van der Waals surface area (Å²) in [6, 6.07) is 3.69. The highest BCUT2D eigenvalue weighted by molar-refractivity contribution is 7.12. The Bertz CT molecular complexity index is 711. The second kappa shape index (κ2) is 7.59. The third-order valence-corrected chi connectivity index (χ3v) is 4.84. The summed E-state index contributed by atoms with van der Waals surface area (Å²) in [7, 11) is 1.63. The van der Waals surface area contributed by atoms with E-state index in [9.17, 15) is 9.59 Å². The molecule has 128 valence electrons. The fraction of sp³-hybridized carbons (Fsp3) is 0.438. The number of thiophene rings is 1. The number of H-pyrrole nitrogens is 1. The average molecular weight is 348 g/mol. The number of aromatic amines is 1. The SMILES string of the molecule is COCCCNC(=O)c1n[nH]c2c1CN(C(=O)c1cccs1)CC2. The van der Waals surface area contributed by atoms with Crippen molar-refractivity contribution in [1.29, 1.82) is 0 Å². The Morgan fingerprint density at radius 1 is 1.50 bits per heavy atom. The molecule has 2 N–H and O–H groups in total. The van der Waals surface area contributed by atoms with E-state index >= 15 is 0 Å². The molecule has 0 bridgehead atoms. The van der Waals surface area contributed by atoms with Gasteiger partial charge >= 0.3 is 0 Å². The molecule has 0 saturated heterocycles. The van der Waals surface area contributed by atoms with Crippen molar-refractivity contribution in [3.63, 3.8) is 0 Å². The molecule has 0 spiro atoms. The van der Waals surface area contributed by atoms with Crippen LogP contribution in [0, 0.1) is 0 Å². The zero-order valence-electron chi connectivity index (χ0n) is 13.5. The lowest BCUT2D eigenvalue weighted by Gasteiger charge is -2.26. The van der Waals surface area contributed by atoms with Gasteiger partial charge in [0, 0.05) is 44.5 Å². The Labute approximate surface area is 144 Å². The van der Waals surface area contributed by atoms with Crippen molar-refractivity contribution in [3.05, 3.63) is 39.3 Å². The second-order valence-electron chi connectivity index (χ2n) is 5.59. The maximum atomic E-state index is 12.5. The number of aromatic nitrogens is 2. The number of carbonyl (C=O) groups excluding carboxylic acids is 2. The monoisotopic (exact) mass is 348 g/mol. The van der Waals surface area contributed by atoms with Crippen LogP contribution in [-0.2, 0) is 17.7 Å². The molecular formula is C16H20N4O3S. The van der Waals surface area contributed by atoms with Crippen LogP contribution in [0.3, 0.4) is 0 Å². The molecule has 8 heteroatoms. The summed E-state index contributed by atoms with van der Waals surface area (Å²) < 4.78 is 4.96. The first-order chi connectivity index (χ1) is 11.7. The number of hydrogen-bond donors (Lipinski definition) is 2. The molecule has 0 atom stereocenters. The minimum atomic E-state index is -0.214. The van der Waals surface area contributed by atoms with E-state index in [0.717, 1.165) is 17.7 Å². The minimum Gasteiger partial charge on any atom is -0.385 e. The number of hydrogen-bond acceptors (Lipinski definition) is 5. The molecule has 3 heterocycles. The van der Waals surface area contributed by atoms with Crippen LogP contribution < -0.4 is 5.32 Å². The van der Waals surface area contributed by atoms with Crippen molar-refractivity contribution in [2.45, 2.75) is 19.4 Å². The smallest absolute Gasteiger partial charge is 0.272 e. The van der Waals surface area contributed by atoms with Gasteiger partial charge in [0.15, 0.2) is 5.69 Å². The first kappa shape index (κ1) is 16.7. The number of carbonyl (C=O) groups is 2. The highest BCUT2D eigenvalue weighted by atomic mass is 32.1.